The van der Waals surface area contributed by atoms with E-state index < -0.39 is 11.8 Å². The number of esters is 1. The molecular weight excluding hydrogens is 383 g/mol. The van der Waals surface area contributed by atoms with Gasteiger partial charge in [-0.3, -0.25) is 4.57 Å². The molecule has 28 heavy (non-hydrogen) atoms. The van der Waals surface area contributed by atoms with Gasteiger partial charge in [0.15, 0.2) is 5.65 Å². The molecule has 2 aromatic heterocycles. The van der Waals surface area contributed by atoms with Gasteiger partial charge in [-0.15, -0.1) is 0 Å². The third-order valence-electron chi connectivity index (χ3n) is 4.30. The van der Waals surface area contributed by atoms with Crippen LogP contribution < -0.4 is 5.73 Å². The Labute approximate surface area is 164 Å². The normalized spacial score (nSPS) is 11.2. The molecule has 0 aliphatic carbocycles. The second kappa shape index (κ2) is 7.09. The minimum absolute atomic E-state index is 0.0670. The molecule has 0 aliphatic heterocycles. The Balaban J connectivity index is 2.05. The Kier molecular flexibility index (Phi) is 4.60. The standard InChI is InChI=1S/C20H16ClFN4O2/c1-2-9-28-20(27)16-17-19(25-15-6-4-3-5-14(15)24-17)26(18(16)23)11-7-8-13(22)12(21)10-11/h3-8,10H,2,9,23H2,1H3. The summed E-state index contributed by atoms with van der Waals surface area (Å²) in [6.07, 6.45) is 0.673. The van der Waals surface area contributed by atoms with E-state index in [0.29, 0.717) is 34.3 Å². The molecule has 142 valence electrons. The van der Waals surface area contributed by atoms with Crippen LogP contribution in [0.4, 0.5) is 10.2 Å². The van der Waals surface area contributed by atoms with Gasteiger partial charge in [0.05, 0.1) is 28.4 Å². The monoisotopic (exact) mass is 398 g/mol. The van der Waals surface area contributed by atoms with Gasteiger partial charge in [0, 0.05) is 0 Å². The molecule has 0 amide bonds. The van der Waals surface area contributed by atoms with Gasteiger partial charge in [-0.05, 0) is 36.8 Å². The molecule has 2 aromatic carbocycles. The van der Waals surface area contributed by atoms with Crippen molar-refractivity contribution in [2.45, 2.75) is 13.3 Å². The summed E-state index contributed by atoms with van der Waals surface area (Å²) < 4.78 is 20.5. The van der Waals surface area contributed by atoms with Gasteiger partial charge in [-0.1, -0.05) is 30.7 Å². The van der Waals surface area contributed by atoms with E-state index >= 15 is 0 Å². The van der Waals surface area contributed by atoms with E-state index in [1.165, 1.54) is 22.8 Å². The molecule has 4 aromatic rings. The van der Waals surface area contributed by atoms with E-state index in [2.05, 4.69) is 9.97 Å². The number of halogens is 2. The van der Waals surface area contributed by atoms with Gasteiger partial charge in [-0.25, -0.2) is 19.2 Å². The molecule has 0 saturated carbocycles. The molecule has 2 N–H and O–H groups in total. The highest BCUT2D eigenvalue weighted by molar-refractivity contribution is 6.31. The van der Waals surface area contributed by atoms with Crippen LogP contribution in [0.2, 0.25) is 5.02 Å². The average Bonchev–Trinajstić information content (AvgIpc) is 2.97. The minimum atomic E-state index is -0.583. The van der Waals surface area contributed by atoms with E-state index in [1.54, 1.807) is 6.07 Å². The zero-order valence-electron chi connectivity index (χ0n) is 14.9. The molecule has 4 rings (SSSR count). The molecule has 6 nitrogen and oxygen atoms in total. The predicted octanol–water partition coefficient (Wildman–Crippen LogP) is 4.52. The molecule has 0 atom stereocenters. The number of fused-ring (bicyclic) bond motifs is 2. The van der Waals surface area contributed by atoms with Crippen LogP contribution in [0.5, 0.6) is 0 Å². The first kappa shape index (κ1) is 18.2. The first-order valence-electron chi connectivity index (χ1n) is 8.70. The number of aromatic nitrogens is 3. The molecule has 0 spiro atoms. The number of benzene rings is 2. The SMILES string of the molecule is CCCOC(=O)c1c(N)n(-c2ccc(F)c(Cl)c2)c2nc3ccccc3nc12. The van der Waals surface area contributed by atoms with E-state index in [4.69, 9.17) is 22.1 Å². The number of para-hydroxylation sites is 2. The Bertz CT molecular complexity index is 1220. The van der Waals surface area contributed by atoms with Crippen LogP contribution in [-0.2, 0) is 4.74 Å². The van der Waals surface area contributed by atoms with E-state index in [1.807, 2.05) is 25.1 Å². The maximum Gasteiger partial charge on any atom is 0.344 e. The predicted molar refractivity (Wildman–Crippen MR) is 106 cm³/mol. The molecule has 2 heterocycles. The van der Waals surface area contributed by atoms with Crippen molar-refractivity contribution in [1.29, 1.82) is 0 Å². The van der Waals surface area contributed by atoms with Crippen LogP contribution in [0.15, 0.2) is 42.5 Å². The van der Waals surface area contributed by atoms with Crippen LogP contribution in [0, 0.1) is 5.82 Å². The van der Waals surface area contributed by atoms with Crippen LogP contribution in [-0.4, -0.2) is 27.1 Å². The molecule has 0 unspecified atom stereocenters. The smallest absolute Gasteiger partial charge is 0.344 e. The Morgan fingerprint density at radius 2 is 1.93 bits per heavy atom. The van der Waals surface area contributed by atoms with Crippen LogP contribution in [0.1, 0.15) is 23.7 Å². The molecule has 0 saturated heterocycles. The fourth-order valence-corrected chi connectivity index (χ4v) is 3.19. The number of hydrogen-bond acceptors (Lipinski definition) is 5. The van der Waals surface area contributed by atoms with E-state index in [0.717, 1.165) is 0 Å². The molecule has 0 aliphatic rings. The second-order valence-electron chi connectivity index (χ2n) is 6.21. The van der Waals surface area contributed by atoms with Gasteiger partial charge < -0.3 is 10.5 Å². The molecular formula is C20H16ClFN4O2. The number of anilines is 1. The maximum absolute atomic E-state index is 13.6. The quantitative estimate of drug-likeness (QED) is 0.511. The molecule has 8 heteroatoms. The van der Waals surface area contributed by atoms with Gasteiger partial charge in [0.1, 0.15) is 22.7 Å². The zero-order valence-corrected chi connectivity index (χ0v) is 15.7. The summed E-state index contributed by atoms with van der Waals surface area (Å²) in [5, 5.41) is -0.0670. The maximum atomic E-state index is 13.6. The fourth-order valence-electron chi connectivity index (χ4n) is 3.02. The highest BCUT2D eigenvalue weighted by Crippen LogP contribution is 2.32. The van der Waals surface area contributed by atoms with Crippen molar-refractivity contribution in [1.82, 2.24) is 14.5 Å². The topological polar surface area (TPSA) is 83.0 Å². The highest BCUT2D eigenvalue weighted by Gasteiger charge is 2.26. The number of carbonyl (C=O) groups is 1. The highest BCUT2D eigenvalue weighted by atomic mass is 35.5. The van der Waals surface area contributed by atoms with Crippen LogP contribution in [0.3, 0.4) is 0 Å². The number of nitrogens with two attached hydrogens (primary N) is 1. The summed E-state index contributed by atoms with van der Waals surface area (Å²) in [5.74, 6) is -1.03. The number of hydrogen-bond donors (Lipinski definition) is 1. The zero-order chi connectivity index (χ0) is 19.8. The lowest BCUT2D eigenvalue weighted by Gasteiger charge is -2.09. The van der Waals surface area contributed by atoms with Crippen molar-refractivity contribution in [3.63, 3.8) is 0 Å². The van der Waals surface area contributed by atoms with Gasteiger partial charge in [0.25, 0.3) is 0 Å². The number of rotatable bonds is 4. The third-order valence-corrected chi connectivity index (χ3v) is 4.59. The van der Waals surface area contributed by atoms with Gasteiger partial charge >= 0.3 is 5.97 Å². The Morgan fingerprint density at radius 3 is 2.61 bits per heavy atom. The number of carbonyl (C=O) groups excluding carboxylic acids is 1. The van der Waals surface area contributed by atoms with Gasteiger partial charge in [0.2, 0.25) is 0 Å². The lowest BCUT2D eigenvalue weighted by Crippen LogP contribution is -2.10. The van der Waals surface area contributed by atoms with Crippen molar-refractivity contribution in [3.8, 4) is 5.69 Å². The van der Waals surface area contributed by atoms with Crippen molar-refractivity contribution >= 4 is 45.6 Å². The summed E-state index contributed by atoms with van der Waals surface area (Å²) in [5.41, 5.74) is 8.84. The van der Waals surface area contributed by atoms with E-state index in [-0.39, 0.29) is 23.0 Å². The summed E-state index contributed by atoms with van der Waals surface area (Å²) in [7, 11) is 0. The minimum Gasteiger partial charge on any atom is -0.462 e. The number of nitrogen functional groups attached to an aromatic ring is 1. The van der Waals surface area contributed by atoms with Crippen molar-refractivity contribution < 1.29 is 13.9 Å². The lowest BCUT2D eigenvalue weighted by molar-refractivity contribution is 0.0508. The number of ether oxygens (including phenoxy) is 1. The lowest BCUT2D eigenvalue weighted by atomic mass is 10.2. The van der Waals surface area contributed by atoms with Crippen molar-refractivity contribution in [2.24, 2.45) is 0 Å². The fraction of sp³-hybridized carbons (Fsp3) is 0.150. The molecule has 0 bridgehead atoms. The van der Waals surface area contributed by atoms with Gasteiger partial charge in [-0.2, -0.15) is 0 Å². The first-order valence-corrected chi connectivity index (χ1v) is 9.08. The van der Waals surface area contributed by atoms with E-state index in [9.17, 15) is 9.18 Å². The second-order valence-corrected chi connectivity index (χ2v) is 6.62. The largest absolute Gasteiger partial charge is 0.462 e. The van der Waals surface area contributed by atoms with Crippen molar-refractivity contribution in [3.05, 3.63) is 58.9 Å². The number of nitrogens with zero attached hydrogens (tertiary/aromatic N) is 3. The van der Waals surface area contributed by atoms with Crippen molar-refractivity contribution in [2.75, 3.05) is 12.3 Å². The Morgan fingerprint density at radius 1 is 1.21 bits per heavy atom. The summed E-state index contributed by atoms with van der Waals surface area (Å²) in [4.78, 5) is 21.9. The summed E-state index contributed by atoms with van der Waals surface area (Å²) >= 11 is 5.94. The molecule has 0 radical (unpaired) electrons. The summed E-state index contributed by atoms with van der Waals surface area (Å²) in [6.45, 7) is 2.15. The summed E-state index contributed by atoms with van der Waals surface area (Å²) in [6, 6.07) is 11.4. The van der Waals surface area contributed by atoms with Crippen LogP contribution in [0.25, 0.3) is 27.9 Å². The average molecular weight is 399 g/mol. The molecule has 0 fully saturated rings. The Hall–Kier alpha value is -3.19. The third kappa shape index (κ3) is 2.93. The first-order chi connectivity index (χ1) is 13.5. The van der Waals surface area contributed by atoms with Crippen LogP contribution >= 0.6 is 11.6 Å².